The molecule has 2 rings (SSSR count). The highest BCUT2D eigenvalue weighted by molar-refractivity contribution is 5.93. The zero-order valence-corrected chi connectivity index (χ0v) is 9.89. The molecule has 2 N–H and O–H groups in total. The van der Waals surface area contributed by atoms with Gasteiger partial charge in [0.1, 0.15) is 6.61 Å². The normalized spacial score (nSPS) is 20.2. The molecule has 17 heavy (non-hydrogen) atoms. The standard InChI is InChI=1S/C11H17N3O3/c1-14-10(9(12)6-13-14)11(15)17-7-8-4-2-3-5-16-8/h6,8H,2-5,7,12H2,1H3. The van der Waals surface area contributed by atoms with Crippen LogP contribution >= 0.6 is 0 Å². The molecule has 6 nitrogen and oxygen atoms in total. The molecular formula is C11H17N3O3. The average molecular weight is 239 g/mol. The Morgan fingerprint density at radius 3 is 3.12 bits per heavy atom. The van der Waals surface area contributed by atoms with Gasteiger partial charge in [-0.15, -0.1) is 0 Å². The van der Waals surface area contributed by atoms with Crippen molar-refractivity contribution in [3.05, 3.63) is 11.9 Å². The van der Waals surface area contributed by atoms with E-state index in [0.29, 0.717) is 11.4 Å². The maximum Gasteiger partial charge on any atom is 0.358 e. The van der Waals surface area contributed by atoms with Crippen molar-refractivity contribution >= 4 is 11.7 Å². The molecule has 0 aromatic carbocycles. The molecule has 0 saturated carbocycles. The molecule has 1 unspecified atom stereocenters. The summed E-state index contributed by atoms with van der Waals surface area (Å²) in [5.74, 6) is -0.448. The lowest BCUT2D eigenvalue weighted by Crippen LogP contribution is -2.26. The number of anilines is 1. The molecule has 1 saturated heterocycles. The molecule has 0 bridgehead atoms. The Labute approximate surface area is 99.7 Å². The number of ether oxygens (including phenoxy) is 2. The molecule has 1 fully saturated rings. The van der Waals surface area contributed by atoms with Crippen LogP contribution in [0, 0.1) is 0 Å². The summed E-state index contributed by atoms with van der Waals surface area (Å²) < 4.78 is 12.1. The third kappa shape index (κ3) is 2.76. The number of carbonyl (C=O) groups is 1. The molecule has 0 amide bonds. The van der Waals surface area contributed by atoms with Crippen LogP contribution in [-0.4, -0.2) is 35.1 Å². The molecular weight excluding hydrogens is 222 g/mol. The molecule has 1 aromatic rings. The van der Waals surface area contributed by atoms with Crippen LogP contribution in [0.15, 0.2) is 6.20 Å². The second-order valence-electron chi connectivity index (χ2n) is 4.16. The van der Waals surface area contributed by atoms with Crippen molar-refractivity contribution in [1.29, 1.82) is 0 Å². The smallest absolute Gasteiger partial charge is 0.358 e. The van der Waals surface area contributed by atoms with Crippen LogP contribution < -0.4 is 5.73 Å². The Morgan fingerprint density at radius 1 is 1.71 bits per heavy atom. The number of carbonyl (C=O) groups excluding carboxylic acids is 1. The minimum absolute atomic E-state index is 0.0159. The lowest BCUT2D eigenvalue weighted by Gasteiger charge is -2.22. The fourth-order valence-electron chi connectivity index (χ4n) is 1.88. The minimum Gasteiger partial charge on any atom is -0.458 e. The number of aryl methyl sites for hydroxylation is 1. The second kappa shape index (κ2) is 5.18. The predicted molar refractivity (Wildman–Crippen MR) is 61.5 cm³/mol. The van der Waals surface area contributed by atoms with Crippen LogP contribution in [0.4, 0.5) is 5.69 Å². The van der Waals surface area contributed by atoms with Gasteiger partial charge >= 0.3 is 5.97 Å². The Hall–Kier alpha value is -1.56. The number of hydrogen-bond donors (Lipinski definition) is 1. The van der Waals surface area contributed by atoms with Gasteiger partial charge in [0.25, 0.3) is 0 Å². The van der Waals surface area contributed by atoms with Crippen molar-refractivity contribution in [3.63, 3.8) is 0 Å². The molecule has 1 aromatic heterocycles. The quantitative estimate of drug-likeness (QED) is 0.786. The lowest BCUT2D eigenvalue weighted by atomic mass is 10.1. The zero-order chi connectivity index (χ0) is 12.3. The number of hydrogen-bond acceptors (Lipinski definition) is 5. The van der Waals surface area contributed by atoms with Gasteiger partial charge in [0.15, 0.2) is 5.69 Å². The van der Waals surface area contributed by atoms with E-state index in [-0.39, 0.29) is 12.7 Å². The summed E-state index contributed by atoms with van der Waals surface area (Å²) in [6.07, 6.45) is 4.60. The van der Waals surface area contributed by atoms with Crippen LogP contribution in [0.1, 0.15) is 29.8 Å². The number of nitrogen functional groups attached to an aromatic ring is 1. The number of nitrogens with zero attached hydrogens (tertiary/aromatic N) is 2. The third-order valence-electron chi connectivity index (χ3n) is 2.83. The van der Waals surface area contributed by atoms with E-state index in [1.165, 1.54) is 10.9 Å². The van der Waals surface area contributed by atoms with Crippen molar-refractivity contribution in [2.75, 3.05) is 18.9 Å². The average Bonchev–Trinajstić information content (AvgIpc) is 2.67. The number of esters is 1. The van der Waals surface area contributed by atoms with Gasteiger partial charge in [-0.2, -0.15) is 5.10 Å². The Morgan fingerprint density at radius 2 is 2.53 bits per heavy atom. The van der Waals surface area contributed by atoms with E-state index in [2.05, 4.69) is 5.10 Å². The molecule has 1 atom stereocenters. The van der Waals surface area contributed by atoms with E-state index >= 15 is 0 Å². The molecule has 2 heterocycles. The van der Waals surface area contributed by atoms with Crippen LogP contribution in [0.3, 0.4) is 0 Å². The first-order valence-electron chi connectivity index (χ1n) is 5.74. The summed E-state index contributed by atoms with van der Waals surface area (Å²) in [6.45, 7) is 1.03. The third-order valence-corrected chi connectivity index (χ3v) is 2.83. The van der Waals surface area contributed by atoms with Gasteiger partial charge in [-0.25, -0.2) is 4.79 Å². The van der Waals surface area contributed by atoms with E-state index in [9.17, 15) is 4.79 Å². The lowest BCUT2D eigenvalue weighted by molar-refractivity contribution is -0.0303. The molecule has 0 radical (unpaired) electrons. The first-order chi connectivity index (χ1) is 8.18. The van der Waals surface area contributed by atoms with Gasteiger partial charge in [0, 0.05) is 13.7 Å². The van der Waals surface area contributed by atoms with Crippen LogP contribution in [-0.2, 0) is 16.5 Å². The van der Waals surface area contributed by atoms with Gasteiger partial charge in [0.2, 0.25) is 0 Å². The summed E-state index contributed by atoms with van der Waals surface area (Å²) >= 11 is 0. The first-order valence-corrected chi connectivity index (χ1v) is 5.74. The van der Waals surface area contributed by atoms with Crippen molar-refractivity contribution in [1.82, 2.24) is 9.78 Å². The molecule has 1 aliphatic rings. The highest BCUT2D eigenvalue weighted by Crippen LogP contribution is 2.15. The molecule has 1 aliphatic heterocycles. The topological polar surface area (TPSA) is 79.4 Å². The molecule has 6 heteroatoms. The maximum atomic E-state index is 11.8. The first kappa shape index (κ1) is 11.9. The fraction of sp³-hybridized carbons (Fsp3) is 0.636. The van der Waals surface area contributed by atoms with Crippen molar-refractivity contribution in [2.24, 2.45) is 7.05 Å². The Bertz CT molecular complexity index is 377. The highest BCUT2D eigenvalue weighted by atomic mass is 16.6. The summed E-state index contributed by atoms with van der Waals surface area (Å²) in [5, 5.41) is 3.89. The van der Waals surface area contributed by atoms with Crippen LogP contribution in [0.25, 0.3) is 0 Å². The summed E-state index contributed by atoms with van der Waals surface area (Å²) in [6, 6.07) is 0. The van der Waals surface area contributed by atoms with Gasteiger partial charge in [-0.05, 0) is 19.3 Å². The van der Waals surface area contributed by atoms with Crippen LogP contribution in [0.2, 0.25) is 0 Å². The number of rotatable bonds is 3. The molecule has 94 valence electrons. The van der Waals surface area contributed by atoms with Gasteiger partial charge < -0.3 is 15.2 Å². The van der Waals surface area contributed by atoms with E-state index < -0.39 is 5.97 Å². The maximum absolute atomic E-state index is 11.8. The molecule has 0 aliphatic carbocycles. The summed E-state index contributed by atoms with van der Waals surface area (Å²) in [4.78, 5) is 11.8. The zero-order valence-electron chi connectivity index (χ0n) is 9.89. The van der Waals surface area contributed by atoms with E-state index in [0.717, 1.165) is 25.9 Å². The highest BCUT2D eigenvalue weighted by Gasteiger charge is 2.20. The van der Waals surface area contributed by atoms with Crippen molar-refractivity contribution in [2.45, 2.75) is 25.4 Å². The fourth-order valence-corrected chi connectivity index (χ4v) is 1.88. The van der Waals surface area contributed by atoms with Gasteiger partial charge in [0.05, 0.1) is 18.0 Å². The van der Waals surface area contributed by atoms with Gasteiger partial charge in [-0.1, -0.05) is 0 Å². The number of nitrogens with two attached hydrogens (primary N) is 1. The summed E-state index contributed by atoms with van der Waals surface area (Å²) in [5.41, 5.74) is 6.26. The number of aromatic nitrogens is 2. The Kier molecular flexibility index (Phi) is 3.63. The Balaban J connectivity index is 1.89. The van der Waals surface area contributed by atoms with E-state index in [4.69, 9.17) is 15.2 Å². The van der Waals surface area contributed by atoms with Crippen molar-refractivity contribution < 1.29 is 14.3 Å². The predicted octanol–water partition coefficient (Wildman–Crippen LogP) is 0.728. The summed E-state index contributed by atoms with van der Waals surface area (Å²) in [7, 11) is 1.66. The SMILES string of the molecule is Cn1ncc(N)c1C(=O)OCC1CCCCO1. The van der Waals surface area contributed by atoms with Gasteiger partial charge in [-0.3, -0.25) is 4.68 Å². The minimum atomic E-state index is -0.448. The largest absolute Gasteiger partial charge is 0.458 e. The monoisotopic (exact) mass is 239 g/mol. The second-order valence-corrected chi connectivity index (χ2v) is 4.16. The molecule has 0 spiro atoms. The van der Waals surface area contributed by atoms with E-state index in [1.54, 1.807) is 7.05 Å². The van der Waals surface area contributed by atoms with Crippen LogP contribution in [0.5, 0.6) is 0 Å². The van der Waals surface area contributed by atoms with Crippen molar-refractivity contribution in [3.8, 4) is 0 Å². The van der Waals surface area contributed by atoms with E-state index in [1.807, 2.05) is 0 Å².